The monoisotopic (exact) mass is 489 g/mol. The molecule has 3 rings (SSSR count). The minimum atomic E-state index is -3.24. The molecule has 0 bridgehead atoms. The zero-order valence-corrected chi connectivity index (χ0v) is 20.2. The van der Waals surface area contributed by atoms with Crippen LogP contribution in [0.2, 0.25) is 5.02 Å². The van der Waals surface area contributed by atoms with E-state index in [1.807, 2.05) is 26.0 Å². The number of rotatable bonds is 10. The summed E-state index contributed by atoms with van der Waals surface area (Å²) in [7, 11) is -3.24. The summed E-state index contributed by atoms with van der Waals surface area (Å²) in [5, 5.41) is 3.81. The Bertz CT molecular complexity index is 1220. The molecule has 5 N–H and O–H groups in total. The van der Waals surface area contributed by atoms with Crippen LogP contribution in [0.3, 0.4) is 0 Å². The van der Waals surface area contributed by atoms with Crippen LogP contribution >= 0.6 is 11.6 Å². The van der Waals surface area contributed by atoms with Crippen molar-refractivity contribution in [3.63, 3.8) is 0 Å². The smallest absolute Gasteiger partial charge is 0.222 e. The Morgan fingerprint density at radius 3 is 2.45 bits per heavy atom. The molecule has 0 atom stereocenters. The molecule has 0 spiro atoms. The Balaban J connectivity index is 1.65. The number of nitrogen functional groups attached to an aromatic ring is 2. The highest BCUT2D eigenvalue weighted by Gasteiger charge is 2.15. The number of nitrogens with zero attached hydrogens (tertiary/aromatic N) is 2. The van der Waals surface area contributed by atoms with Crippen molar-refractivity contribution < 1.29 is 13.2 Å². The highest BCUT2D eigenvalue weighted by atomic mass is 35.5. The van der Waals surface area contributed by atoms with Crippen molar-refractivity contribution in [3.8, 4) is 16.9 Å². The second kappa shape index (κ2) is 10.7. The minimum absolute atomic E-state index is 0.130. The van der Waals surface area contributed by atoms with Gasteiger partial charge in [-0.1, -0.05) is 31.5 Å². The number of aromatic nitrogens is 2. The van der Waals surface area contributed by atoms with E-state index in [4.69, 9.17) is 27.8 Å². The number of ether oxygens (including phenoxy) is 1. The minimum Gasteiger partial charge on any atom is -0.492 e. The lowest BCUT2D eigenvalue weighted by Crippen LogP contribution is -2.12. The Kier molecular flexibility index (Phi) is 7.99. The second-order valence-corrected chi connectivity index (χ2v) is 9.92. The van der Waals surface area contributed by atoms with E-state index in [1.165, 1.54) is 0 Å². The Morgan fingerprint density at radius 1 is 1.06 bits per heavy atom. The zero-order valence-electron chi connectivity index (χ0n) is 18.6. The van der Waals surface area contributed by atoms with Gasteiger partial charge in [-0.3, -0.25) is 0 Å². The first-order valence-corrected chi connectivity index (χ1v) is 12.7. The number of aryl methyl sites for hydroxylation is 1. The van der Waals surface area contributed by atoms with E-state index in [0.717, 1.165) is 22.5 Å². The molecular formula is C23H28ClN5O3S. The summed E-state index contributed by atoms with van der Waals surface area (Å²) in [6.45, 7) is 4.65. The van der Waals surface area contributed by atoms with Gasteiger partial charge in [0.2, 0.25) is 5.95 Å². The van der Waals surface area contributed by atoms with Crippen molar-refractivity contribution in [2.24, 2.45) is 0 Å². The fourth-order valence-corrected chi connectivity index (χ4v) is 4.93. The van der Waals surface area contributed by atoms with Gasteiger partial charge < -0.3 is 21.5 Å². The van der Waals surface area contributed by atoms with Gasteiger partial charge in [0.1, 0.15) is 18.2 Å². The van der Waals surface area contributed by atoms with Crippen molar-refractivity contribution in [1.82, 2.24) is 9.97 Å². The first-order valence-electron chi connectivity index (χ1n) is 10.7. The van der Waals surface area contributed by atoms with Gasteiger partial charge in [0.05, 0.1) is 27.1 Å². The number of sulfone groups is 1. The van der Waals surface area contributed by atoms with Gasteiger partial charge in [-0.05, 0) is 54.8 Å². The highest BCUT2D eigenvalue weighted by molar-refractivity contribution is 7.91. The van der Waals surface area contributed by atoms with E-state index in [1.54, 1.807) is 30.3 Å². The standard InChI is InChI=1S/C23H28ClN5O3S/c1-3-13-33(30,31)17-8-6-16(7-9-17)32-12-11-27-20-14-15(5-10-18(20)24)21-19(4-2)28-23(26)29-22(21)25/h5-10,14,27H,3-4,11-13H2,1-2H3,(H4,25,26,28,29). The molecule has 10 heteroatoms. The lowest BCUT2D eigenvalue weighted by Gasteiger charge is -2.14. The first-order chi connectivity index (χ1) is 15.7. The Morgan fingerprint density at radius 2 is 1.79 bits per heavy atom. The summed E-state index contributed by atoms with van der Waals surface area (Å²) in [6.07, 6.45) is 1.23. The van der Waals surface area contributed by atoms with Crippen molar-refractivity contribution in [3.05, 3.63) is 53.2 Å². The van der Waals surface area contributed by atoms with Crippen LogP contribution < -0.4 is 21.5 Å². The molecule has 0 radical (unpaired) electrons. The third-order valence-electron chi connectivity index (χ3n) is 4.96. The van der Waals surface area contributed by atoms with Crippen LogP contribution in [-0.2, 0) is 16.3 Å². The molecule has 0 saturated heterocycles. The Hall–Kier alpha value is -3.04. The van der Waals surface area contributed by atoms with E-state index in [9.17, 15) is 8.42 Å². The molecule has 176 valence electrons. The van der Waals surface area contributed by atoms with Crippen LogP contribution in [0.1, 0.15) is 26.0 Å². The summed E-state index contributed by atoms with van der Waals surface area (Å²) in [6, 6.07) is 12.0. The number of hydrogen-bond donors (Lipinski definition) is 3. The normalized spacial score (nSPS) is 11.4. The predicted molar refractivity (Wildman–Crippen MR) is 133 cm³/mol. The molecule has 1 aromatic heterocycles. The van der Waals surface area contributed by atoms with Crippen LogP contribution in [0.5, 0.6) is 5.75 Å². The van der Waals surface area contributed by atoms with Crippen molar-refractivity contribution in [2.75, 3.05) is 35.7 Å². The largest absolute Gasteiger partial charge is 0.492 e. The van der Waals surface area contributed by atoms with Crippen LogP contribution in [0, 0.1) is 0 Å². The second-order valence-electron chi connectivity index (χ2n) is 7.40. The molecule has 0 fully saturated rings. The van der Waals surface area contributed by atoms with Gasteiger partial charge in [-0.15, -0.1) is 0 Å². The van der Waals surface area contributed by atoms with Gasteiger partial charge in [-0.2, -0.15) is 4.98 Å². The molecule has 0 aliphatic carbocycles. The number of anilines is 3. The van der Waals surface area contributed by atoms with Gasteiger partial charge in [0.25, 0.3) is 0 Å². The van der Waals surface area contributed by atoms with Crippen LogP contribution in [0.25, 0.3) is 11.1 Å². The summed E-state index contributed by atoms with van der Waals surface area (Å²) in [4.78, 5) is 8.68. The summed E-state index contributed by atoms with van der Waals surface area (Å²) < 4.78 is 30.0. The molecule has 8 nitrogen and oxygen atoms in total. The highest BCUT2D eigenvalue weighted by Crippen LogP contribution is 2.33. The van der Waals surface area contributed by atoms with E-state index < -0.39 is 9.84 Å². The molecule has 1 heterocycles. The molecule has 0 unspecified atom stereocenters. The molecule has 0 amide bonds. The van der Waals surface area contributed by atoms with E-state index >= 15 is 0 Å². The molecule has 0 aliphatic rings. The lowest BCUT2D eigenvalue weighted by molar-refractivity contribution is 0.332. The first kappa shape index (κ1) is 24.6. The number of benzene rings is 2. The summed E-state index contributed by atoms with van der Waals surface area (Å²) >= 11 is 6.36. The van der Waals surface area contributed by atoms with Crippen molar-refractivity contribution in [1.29, 1.82) is 0 Å². The Labute approximate surface area is 199 Å². The predicted octanol–water partition coefficient (Wildman–Crippen LogP) is 4.20. The summed E-state index contributed by atoms with van der Waals surface area (Å²) in [5.74, 6) is 1.19. The maximum absolute atomic E-state index is 12.1. The maximum atomic E-state index is 12.1. The molecule has 33 heavy (non-hydrogen) atoms. The van der Waals surface area contributed by atoms with E-state index in [0.29, 0.717) is 47.5 Å². The molecule has 0 aliphatic heterocycles. The maximum Gasteiger partial charge on any atom is 0.222 e. The van der Waals surface area contributed by atoms with Crippen LogP contribution in [0.4, 0.5) is 17.5 Å². The third kappa shape index (κ3) is 6.06. The van der Waals surface area contributed by atoms with Crippen molar-refractivity contribution >= 4 is 38.9 Å². The molecule has 3 aromatic rings. The quantitative estimate of drug-likeness (QED) is 0.361. The average molecular weight is 490 g/mol. The fourth-order valence-electron chi connectivity index (χ4n) is 3.42. The van der Waals surface area contributed by atoms with E-state index in [-0.39, 0.29) is 11.7 Å². The van der Waals surface area contributed by atoms with Gasteiger partial charge >= 0.3 is 0 Å². The SMILES string of the molecule is CCCS(=O)(=O)c1ccc(OCCNc2cc(-c3c(N)nc(N)nc3CC)ccc2Cl)cc1. The number of nitrogens with two attached hydrogens (primary N) is 2. The van der Waals surface area contributed by atoms with Gasteiger partial charge in [-0.25, -0.2) is 13.4 Å². The topological polar surface area (TPSA) is 133 Å². The van der Waals surface area contributed by atoms with Gasteiger partial charge in [0.15, 0.2) is 9.84 Å². The van der Waals surface area contributed by atoms with Crippen LogP contribution in [-0.4, -0.2) is 37.3 Å². The zero-order chi connectivity index (χ0) is 24.0. The van der Waals surface area contributed by atoms with Crippen molar-refractivity contribution in [2.45, 2.75) is 31.6 Å². The number of halogens is 1. The number of hydrogen-bond acceptors (Lipinski definition) is 8. The van der Waals surface area contributed by atoms with Gasteiger partial charge in [0, 0.05) is 12.1 Å². The summed E-state index contributed by atoms with van der Waals surface area (Å²) in [5.41, 5.74) is 14.9. The third-order valence-corrected chi connectivity index (χ3v) is 7.23. The van der Waals surface area contributed by atoms with Crippen LogP contribution in [0.15, 0.2) is 47.4 Å². The average Bonchev–Trinajstić information content (AvgIpc) is 2.78. The number of nitrogens with one attached hydrogen (secondary N) is 1. The fraction of sp³-hybridized carbons (Fsp3) is 0.304. The molecule has 2 aromatic carbocycles. The molecular weight excluding hydrogens is 462 g/mol. The van der Waals surface area contributed by atoms with E-state index in [2.05, 4.69) is 15.3 Å². The lowest BCUT2D eigenvalue weighted by atomic mass is 10.0. The molecule has 0 saturated carbocycles.